The van der Waals surface area contributed by atoms with Crippen molar-refractivity contribution in [3.05, 3.63) is 29.3 Å². The quantitative estimate of drug-likeness (QED) is 0.877. The first-order valence-electron chi connectivity index (χ1n) is 7.45. The van der Waals surface area contributed by atoms with Crippen LogP contribution in [0.5, 0.6) is 5.75 Å². The van der Waals surface area contributed by atoms with Crippen molar-refractivity contribution in [3.63, 3.8) is 0 Å². The highest BCUT2D eigenvalue weighted by Gasteiger charge is 2.37. The van der Waals surface area contributed by atoms with Crippen molar-refractivity contribution in [2.45, 2.75) is 51.2 Å². The van der Waals surface area contributed by atoms with Crippen molar-refractivity contribution in [2.75, 3.05) is 13.1 Å². The molecule has 3 nitrogen and oxygen atoms in total. The molecule has 2 heterocycles. The highest BCUT2D eigenvalue weighted by molar-refractivity contribution is 5.37. The molecule has 3 atom stereocenters. The van der Waals surface area contributed by atoms with Gasteiger partial charge in [0.25, 0.3) is 0 Å². The van der Waals surface area contributed by atoms with Crippen LogP contribution in [0.3, 0.4) is 0 Å². The molecule has 2 saturated heterocycles. The number of nitrogens with one attached hydrogen (secondary N) is 1. The van der Waals surface area contributed by atoms with Crippen LogP contribution in [0.1, 0.15) is 43.4 Å². The third kappa shape index (κ3) is 2.49. The Balaban J connectivity index is 1.69. The molecular weight excluding hydrogens is 236 g/mol. The summed E-state index contributed by atoms with van der Waals surface area (Å²) in [5.41, 5.74) is 2.12. The maximum absolute atomic E-state index is 10.1. The zero-order valence-electron chi connectivity index (χ0n) is 11.9. The number of aryl methyl sites for hydroxylation is 1. The summed E-state index contributed by atoms with van der Waals surface area (Å²) in [6, 6.07) is 7.48. The van der Waals surface area contributed by atoms with Crippen molar-refractivity contribution in [3.8, 4) is 5.75 Å². The Kier molecular flexibility index (Phi) is 3.50. The van der Waals surface area contributed by atoms with Gasteiger partial charge in [-0.3, -0.25) is 4.90 Å². The lowest BCUT2D eigenvalue weighted by Crippen LogP contribution is -2.40. The molecule has 0 aliphatic carbocycles. The van der Waals surface area contributed by atoms with Crippen LogP contribution in [-0.2, 0) is 0 Å². The molecule has 3 heteroatoms. The van der Waals surface area contributed by atoms with Gasteiger partial charge in [-0.25, -0.2) is 0 Å². The average Bonchev–Trinajstić information content (AvgIpc) is 2.94. The molecule has 3 unspecified atom stereocenters. The third-order valence-electron chi connectivity index (χ3n) is 4.72. The van der Waals surface area contributed by atoms with Gasteiger partial charge >= 0.3 is 0 Å². The summed E-state index contributed by atoms with van der Waals surface area (Å²) in [5.74, 6) is 0.418. The number of phenols is 1. The number of rotatable bonds is 3. The number of benzene rings is 1. The Labute approximate surface area is 115 Å². The van der Waals surface area contributed by atoms with E-state index < -0.39 is 0 Å². The van der Waals surface area contributed by atoms with Gasteiger partial charge in [0.05, 0.1) is 0 Å². The van der Waals surface area contributed by atoms with Crippen LogP contribution in [0.25, 0.3) is 0 Å². The van der Waals surface area contributed by atoms with E-state index >= 15 is 0 Å². The maximum Gasteiger partial charge on any atom is 0.120 e. The molecule has 19 heavy (non-hydrogen) atoms. The van der Waals surface area contributed by atoms with E-state index in [1.165, 1.54) is 32.4 Å². The Hall–Kier alpha value is -1.06. The molecule has 104 valence electrons. The van der Waals surface area contributed by atoms with Gasteiger partial charge in [0.1, 0.15) is 5.75 Å². The van der Waals surface area contributed by atoms with E-state index in [-0.39, 0.29) is 6.04 Å². The van der Waals surface area contributed by atoms with Crippen LogP contribution in [0.4, 0.5) is 0 Å². The van der Waals surface area contributed by atoms with E-state index in [9.17, 15) is 5.11 Å². The number of nitrogens with zero attached hydrogens (tertiary/aromatic N) is 1. The summed E-state index contributed by atoms with van der Waals surface area (Å²) >= 11 is 0. The molecule has 0 aromatic heterocycles. The third-order valence-corrected chi connectivity index (χ3v) is 4.72. The first-order chi connectivity index (χ1) is 9.15. The number of aromatic hydroxyl groups is 1. The van der Waals surface area contributed by atoms with Crippen molar-refractivity contribution in [2.24, 2.45) is 0 Å². The summed E-state index contributed by atoms with van der Waals surface area (Å²) in [6.07, 6.45) is 3.90. The molecule has 2 aliphatic heterocycles. The smallest absolute Gasteiger partial charge is 0.120 e. The average molecular weight is 260 g/mol. The molecule has 2 N–H and O–H groups in total. The zero-order chi connectivity index (χ0) is 13.4. The highest BCUT2D eigenvalue weighted by atomic mass is 16.3. The minimum Gasteiger partial charge on any atom is -0.508 e. The van der Waals surface area contributed by atoms with E-state index in [1.54, 1.807) is 0 Å². The molecule has 0 radical (unpaired) electrons. The molecule has 0 amide bonds. The molecule has 1 aromatic carbocycles. The topological polar surface area (TPSA) is 35.5 Å². The molecule has 0 bridgehead atoms. The summed E-state index contributed by atoms with van der Waals surface area (Å²) in [4.78, 5) is 2.61. The van der Waals surface area contributed by atoms with Gasteiger partial charge in [-0.1, -0.05) is 12.1 Å². The van der Waals surface area contributed by atoms with Gasteiger partial charge in [-0.05, 0) is 51.3 Å². The largest absolute Gasteiger partial charge is 0.508 e. The predicted octanol–water partition coefficient (Wildman–Crippen LogP) is 2.59. The second-order valence-corrected chi connectivity index (χ2v) is 6.09. The van der Waals surface area contributed by atoms with Crippen LogP contribution in [0, 0.1) is 6.92 Å². The number of hydrogen-bond acceptors (Lipinski definition) is 3. The number of hydrogen-bond donors (Lipinski definition) is 2. The second kappa shape index (κ2) is 5.14. The van der Waals surface area contributed by atoms with E-state index in [1.807, 2.05) is 19.1 Å². The number of fused-ring (bicyclic) bond motifs is 1. The Morgan fingerprint density at radius 3 is 2.95 bits per heavy atom. The summed E-state index contributed by atoms with van der Waals surface area (Å²) in [5, 5.41) is 13.8. The minimum absolute atomic E-state index is 0.214. The lowest BCUT2D eigenvalue weighted by molar-refractivity contribution is 0.290. The predicted molar refractivity (Wildman–Crippen MR) is 77.4 cm³/mol. The van der Waals surface area contributed by atoms with Gasteiger partial charge in [0.2, 0.25) is 0 Å². The Bertz CT molecular complexity index is 460. The SMILES string of the molecule is Cc1ccc(C(C)NC2CCN3CCCC23)c(O)c1. The fraction of sp³-hybridized carbons (Fsp3) is 0.625. The lowest BCUT2D eigenvalue weighted by atomic mass is 10.0. The monoisotopic (exact) mass is 260 g/mol. The van der Waals surface area contributed by atoms with E-state index in [0.717, 1.165) is 17.2 Å². The van der Waals surface area contributed by atoms with Gasteiger partial charge in [0, 0.05) is 30.2 Å². The summed E-state index contributed by atoms with van der Waals surface area (Å²) < 4.78 is 0. The molecule has 3 rings (SSSR count). The van der Waals surface area contributed by atoms with E-state index in [0.29, 0.717) is 11.8 Å². The van der Waals surface area contributed by atoms with Gasteiger partial charge < -0.3 is 10.4 Å². The van der Waals surface area contributed by atoms with Crippen molar-refractivity contribution in [1.29, 1.82) is 0 Å². The van der Waals surface area contributed by atoms with Crippen LogP contribution < -0.4 is 5.32 Å². The second-order valence-electron chi connectivity index (χ2n) is 6.09. The molecule has 2 fully saturated rings. The van der Waals surface area contributed by atoms with Crippen LogP contribution >= 0.6 is 0 Å². The lowest BCUT2D eigenvalue weighted by Gasteiger charge is -2.25. The van der Waals surface area contributed by atoms with Crippen LogP contribution in [0.2, 0.25) is 0 Å². The van der Waals surface area contributed by atoms with Crippen molar-refractivity contribution in [1.82, 2.24) is 10.2 Å². The fourth-order valence-electron chi connectivity index (χ4n) is 3.71. The Morgan fingerprint density at radius 1 is 1.32 bits per heavy atom. The van der Waals surface area contributed by atoms with Gasteiger partial charge in [-0.15, -0.1) is 0 Å². The van der Waals surface area contributed by atoms with E-state index in [2.05, 4.69) is 23.2 Å². The van der Waals surface area contributed by atoms with Crippen molar-refractivity contribution < 1.29 is 5.11 Å². The number of phenolic OH excluding ortho intramolecular Hbond substituents is 1. The van der Waals surface area contributed by atoms with Crippen molar-refractivity contribution >= 4 is 0 Å². The first-order valence-corrected chi connectivity index (χ1v) is 7.45. The summed E-state index contributed by atoms with van der Waals surface area (Å²) in [7, 11) is 0. The molecule has 1 aromatic rings. The molecule has 0 spiro atoms. The normalized spacial score (nSPS) is 28.5. The minimum atomic E-state index is 0.214. The molecule has 2 aliphatic rings. The standard InChI is InChI=1S/C16H24N2O/c1-11-5-6-13(16(19)10-11)12(2)17-14-7-9-18-8-3-4-15(14)18/h5-6,10,12,14-15,17,19H,3-4,7-9H2,1-2H3. The summed E-state index contributed by atoms with van der Waals surface area (Å²) in [6.45, 7) is 6.67. The van der Waals surface area contributed by atoms with Gasteiger partial charge in [0.15, 0.2) is 0 Å². The Morgan fingerprint density at radius 2 is 2.16 bits per heavy atom. The highest BCUT2D eigenvalue weighted by Crippen LogP contribution is 2.31. The first kappa shape index (κ1) is 12.9. The molecule has 0 saturated carbocycles. The molecular formula is C16H24N2O. The zero-order valence-corrected chi connectivity index (χ0v) is 11.9. The maximum atomic E-state index is 10.1. The fourth-order valence-corrected chi connectivity index (χ4v) is 3.71. The van der Waals surface area contributed by atoms with E-state index in [4.69, 9.17) is 0 Å². The van der Waals surface area contributed by atoms with Gasteiger partial charge in [-0.2, -0.15) is 0 Å². The van der Waals surface area contributed by atoms with Crippen LogP contribution in [0.15, 0.2) is 18.2 Å². The van der Waals surface area contributed by atoms with Crippen LogP contribution in [-0.4, -0.2) is 35.2 Å².